The predicted octanol–water partition coefficient (Wildman–Crippen LogP) is 11.4. The van der Waals surface area contributed by atoms with Gasteiger partial charge in [0.15, 0.2) is 0 Å². The normalized spacial score (nSPS) is 12.2. The van der Waals surface area contributed by atoms with E-state index in [-0.39, 0.29) is 13.1 Å². The average molecular weight is 640 g/mol. The molecule has 0 unspecified atom stereocenters. The van der Waals surface area contributed by atoms with Gasteiger partial charge in [-0.1, -0.05) is 103 Å². The number of nitrogens with zero attached hydrogens (tertiary/aromatic N) is 3. The Bertz CT molecular complexity index is 2020. The van der Waals surface area contributed by atoms with Gasteiger partial charge in [0.25, 0.3) is 0 Å². The molecule has 0 spiro atoms. The second kappa shape index (κ2) is 13.1. The molecule has 0 saturated heterocycles. The van der Waals surface area contributed by atoms with Crippen molar-refractivity contribution >= 4 is 86.1 Å². The fourth-order valence-electron chi connectivity index (χ4n) is 5.57. The summed E-state index contributed by atoms with van der Waals surface area (Å²) in [5, 5.41) is 9.53. The van der Waals surface area contributed by atoms with Crippen LogP contribution in [0.25, 0.3) is 43.1 Å². The summed E-state index contributed by atoms with van der Waals surface area (Å²) in [5.74, 6) is 0. The van der Waals surface area contributed by atoms with Gasteiger partial charge in [-0.3, -0.25) is 9.98 Å². The van der Waals surface area contributed by atoms with Crippen molar-refractivity contribution in [2.75, 3.05) is 0 Å². The average Bonchev–Trinajstić information content (AvgIpc) is 3.05. The molecule has 0 fully saturated rings. The van der Waals surface area contributed by atoms with Crippen LogP contribution in [-0.4, -0.2) is 16.4 Å². The summed E-state index contributed by atoms with van der Waals surface area (Å²) in [7, 11) is 9.53. The summed E-state index contributed by atoms with van der Waals surface area (Å²) in [6.07, 6.45) is 0. The first kappa shape index (κ1) is 29.0. The van der Waals surface area contributed by atoms with Gasteiger partial charge in [-0.25, -0.2) is 4.98 Å². The Morgan fingerprint density at radius 2 is 0.837 bits per heavy atom. The predicted molar refractivity (Wildman–Crippen MR) is 183 cm³/mol. The van der Waals surface area contributed by atoms with E-state index in [1.807, 2.05) is 32.0 Å². The fraction of sp³-hybridized carbons (Fsp3) is 0.0541. The molecule has 43 heavy (non-hydrogen) atoms. The number of halogens is 2. The van der Waals surface area contributed by atoms with Gasteiger partial charge in [0.1, 0.15) is 0 Å². The molecule has 1 heterocycles. The van der Waals surface area contributed by atoms with E-state index < -0.39 is 0 Å². The molecule has 6 aromatic carbocycles. The fourth-order valence-corrected chi connectivity index (χ4v) is 5.57. The van der Waals surface area contributed by atoms with Crippen molar-refractivity contribution in [3.8, 4) is 0 Å². The van der Waals surface area contributed by atoms with E-state index in [4.69, 9.17) is 35.2 Å². The van der Waals surface area contributed by atoms with Crippen LogP contribution in [0.3, 0.4) is 0 Å². The zero-order valence-corrected chi connectivity index (χ0v) is 26.2. The molecule has 7 rings (SSSR count). The minimum atomic E-state index is 0.194. The monoisotopic (exact) mass is 639 g/mol. The van der Waals surface area contributed by atoms with Crippen molar-refractivity contribution in [3.63, 3.8) is 0 Å². The molecule has 7 aromatic rings. The Labute approximate surface area is 265 Å². The Balaban J connectivity index is 0.00000105. The van der Waals surface area contributed by atoms with Crippen LogP contribution in [0, 0.1) is 0 Å². The van der Waals surface area contributed by atoms with Crippen LogP contribution in [0.15, 0.2) is 137 Å². The second-order valence-corrected chi connectivity index (χ2v) is 12.0. The van der Waals surface area contributed by atoms with Gasteiger partial charge in [0.05, 0.1) is 34.2 Å². The summed E-state index contributed by atoms with van der Waals surface area (Å²) < 4.78 is 0. The summed E-state index contributed by atoms with van der Waals surface area (Å²) in [5.41, 5.74) is 5.32. The maximum atomic E-state index is 5.08. The molecular weight excluding hydrogens is 613 g/mol. The van der Waals surface area contributed by atoms with Gasteiger partial charge < -0.3 is 0 Å². The number of fused-ring (bicyclic) bond motifs is 6. The van der Waals surface area contributed by atoms with Crippen LogP contribution < -0.4 is 0 Å². The molecular formula is C37H27Cl2FeN3. The topological polar surface area (TPSA) is 37.6 Å². The van der Waals surface area contributed by atoms with E-state index in [2.05, 4.69) is 109 Å². The molecule has 212 valence electrons. The van der Waals surface area contributed by atoms with Crippen LogP contribution in [0.5, 0.6) is 0 Å². The summed E-state index contributed by atoms with van der Waals surface area (Å²) in [6.45, 7) is 4.05. The molecule has 3 nitrogen and oxygen atoms in total. The summed E-state index contributed by atoms with van der Waals surface area (Å²) in [6, 6.07) is 44.3. The van der Waals surface area contributed by atoms with Crippen molar-refractivity contribution in [3.05, 3.63) is 139 Å². The van der Waals surface area contributed by atoms with Gasteiger partial charge in [-0.2, -0.15) is 0 Å². The number of rotatable bonds is 4. The van der Waals surface area contributed by atoms with Gasteiger partial charge in [-0.15, -0.1) is 0 Å². The molecule has 0 aliphatic heterocycles. The maximum absolute atomic E-state index is 5.08. The Morgan fingerprint density at radius 1 is 0.488 bits per heavy atom. The number of aromatic nitrogens is 1. The Morgan fingerprint density at radius 3 is 1.26 bits per heavy atom. The Hall–Kier alpha value is -4.05. The first-order chi connectivity index (χ1) is 21.1. The van der Waals surface area contributed by atoms with Gasteiger partial charge in [0.2, 0.25) is 0 Å². The standard InChI is InChI=1S/C37H27N3.2ClH.Fe/c1-24(38-36-22-26-12-3-5-14-28(26)30-16-7-9-18-32(30)36)34-20-11-21-35(40-34)25(2)39-37-23-27-13-4-6-15-29(27)31-17-8-10-19-33(31)37;;;/h3-23H,1-2H3;2*1H;/q;;;+2/p-2. The van der Waals surface area contributed by atoms with E-state index in [1.165, 1.54) is 32.3 Å². The van der Waals surface area contributed by atoms with Gasteiger partial charge >= 0.3 is 33.3 Å². The van der Waals surface area contributed by atoms with Crippen LogP contribution >= 0.6 is 20.2 Å². The molecule has 0 aliphatic rings. The van der Waals surface area contributed by atoms with Crippen LogP contribution in [0.4, 0.5) is 11.4 Å². The first-order valence-corrected chi connectivity index (χ1v) is 16.9. The summed E-state index contributed by atoms with van der Waals surface area (Å²) >= 11 is 0.194. The molecule has 0 aliphatic carbocycles. The zero-order valence-electron chi connectivity index (χ0n) is 23.6. The van der Waals surface area contributed by atoms with Crippen molar-refractivity contribution in [2.45, 2.75) is 13.8 Å². The minimum absolute atomic E-state index is 0.194. The van der Waals surface area contributed by atoms with Gasteiger partial charge in [0, 0.05) is 10.8 Å². The van der Waals surface area contributed by atoms with Crippen LogP contribution in [0.2, 0.25) is 0 Å². The first-order valence-electron chi connectivity index (χ1n) is 13.8. The van der Waals surface area contributed by atoms with Crippen LogP contribution in [0.1, 0.15) is 25.2 Å². The van der Waals surface area contributed by atoms with E-state index in [0.717, 1.165) is 45.0 Å². The molecule has 0 N–H and O–H groups in total. The van der Waals surface area contributed by atoms with E-state index in [1.54, 1.807) is 0 Å². The third-order valence-electron chi connectivity index (χ3n) is 7.56. The Kier molecular flexibility index (Phi) is 8.83. The van der Waals surface area contributed by atoms with E-state index >= 15 is 0 Å². The number of hydrogen-bond acceptors (Lipinski definition) is 3. The third-order valence-corrected chi connectivity index (χ3v) is 7.56. The molecule has 0 atom stereocenters. The number of aliphatic imine (C=N–C) groups is 2. The number of hydrogen-bond donors (Lipinski definition) is 0. The molecule has 0 amide bonds. The van der Waals surface area contributed by atoms with Crippen molar-refractivity contribution in [1.82, 2.24) is 4.98 Å². The number of benzene rings is 6. The second-order valence-electron chi connectivity index (χ2n) is 10.2. The molecule has 0 radical (unpaired) electrons. The van der Waals surface area contributed by atoms with Crippen LogP contribution in [-0.2, 0) is 13.1 Å². The number of pyridine rings is 1. The van der Waals surface area contributed by atoms with Crippen molar-refractivity contribution < 1.29 is 13.1 Å². The third kappa shape index (κ3) is 6.06. The van der Waals surface area contributed by atoms with Crippen molar-refractivity contribution in [1.29, 1.82) is 0 Å². The quantitative estimate of drug-likeness (QED) is 0.107. The molecule has 0 bridgehead atoms. The zero-order chi connectivity index (χ0) is 29.8. The van der Waals surface area contributed by atoms with E-state index in [0.29, 0.717) is 0 Å². The summed E-state index contributed by atoms with van der Waals surface area (Å²) in [4.78, 5) is 15.2. The van der Waals surface area contributed by atoms with Crippen molar-refractivity contribution in [2.24, 2.45) is 9.98 Å². The van der Waals surface area contributed by atoms with E-state index in [9.17, 15) is 0 Å². The molecule has 1 aromatic heterocycles. The SMILES string of the molecule is CC(=Nc1cc2ccccc2c2ccccc12)c1cccc(C(C)=Nc2cc3ccccc3c3ccccc23)n1.[Cl][Fe][Cl]. The van der Waals surface area contributed by atoms with Gasteiger partial charge in [-0.05, 0) is 70.4 Å². The molecule has 6 heteroatoms. The molecule has 0 saturated carbocycles.